The van der Waals surface area contributed by atoms with Crippen LogP contribution in [0.3, 0.4) is 0 Å². The van der Waals surface area contributed by atoms with Gasteiger partial charge in [-0.2, -0.15) is 0 Å². The Hall–Kier alpha value is -2.07. The van der Waals surface area contributed by atoms with Gasteiger partial charge < -0.3 is 14.5 Å². The number of anilines is 1. The minimum atomic E-state index is -0.118. The summed E-state index contributed by atoms with van der Waals surface area (Å²) in [6.07, 6.45) is 0. The van der Waals surface area contributed by atoms with E-state index >= 15 is 0 Å². The average molecular weight is 509 g/mol. The number of hydrogen-bond acceptors (Lipinski definition) is 6. The van der Waals surface area contributed by atoms with E-state index in [0.29, 0.717) is 11.1 Å². The highest BCUT2D eigenvalue weighted by Crippen LogP contribution is 2.24. The lowest BCUT2D eigenvalue weighted by Crippen LogP contribution is -2.16. The zero-order valence-corrected chi connectivity index (χ0v) is 18.8. The summed E-state index contributed by atoms with van der Waals surface area (Å²) in [6, 6.07) is 11.8. The second kappa shape index (κ2) is 9.42. The molecule has 28 heavy (non-hydrogen) atoms. The predicted molar refractivity (Wildman–Crippen MR) is 118 cm³/mol. The number of carbonyl (C=O) groups excluding carboxylic acids is 1. The van der Waals surface area contributed by atoms with Gasteiger partial charge in [0, 0.05) is 9.26 Å². The maximum absolute atomic E-state index is 12.3. The SMILES string of the molecule is Cc1ccc(OCc2nnc(SCC(=O)Nc3c(C)cc(I)cc3C)o2)cc1. The fourth-order valence-electron chi connectivity index (χ4n) is 2.55. The quantitative estimate of drug-likeness (QED) is 0.361. The van der Waals surface area contributed by atoms with Gasteiger partial charge in [0.15, 0.2) is 6.61 Å². The number of benzene rings is 2. The van der Waals surface area contributed by atoms with Gasteiger partial charge >= 0.3 is 0 Å². The lowest BCUT2D eigenvalue weighted by Gasteiger charge is -2.11. The Morgan fingerprint density at radius 1 is 1.14 bits per heavy atom. The topological polar surface area (TPSA) is 77.2 Å². The number of aryl methyl sites for hydroxylation is 3. The van der Waals surface area contributed by atoms with E-state index < -0.39 is 0 Å². The number of rotatable bonds is 7. The van der Waals surface area contributed by atoms with E-state index in [9.17, 15) is 4.79 Å². The Morgan fingerprint density at radius 2 is 1.82 bits per heavy atom. The third-order valence-electron chi connectivity index (χ3n) is 3.92. The van der Waals surface area contributed by atoms with Crippen LogP contribution in [0.2, 0.25) is 0 Å². The van der Waals surface area contributed by atoms with Crippen molar-refractivity contribution in [1.82, 2.24) is 10.2 Å². The first-order valence-corrected chi connectivity index (χ1v) is 10.7. The number of nitrogens with one attached hydrogen (secondary N) is 1. The highest BCUT2D eigenvalue weighted by molar-refractivity contribution is 14.1. The molecule has 0 unspecified atom stereocenters. The van der Waals surface area contributed by atoms with Gasteiger partial charge in [-0.3, -0.25) is 4.79 Å². The van der Waals surface area contributed by atoms with Crippen molar-refractivity contribution in [2.45, 2.75) is 32.6 Å². The summed E-state index contributed by atoms with van der Waals surface area (Å²) in [4.78, 5) is 12.3. The molecule has 0 radical (unpaired) electrons. The first kappa shape index (κ1) is 20.7. The van der Waals surface area contributed by atoms with Crippen LogP contribution in [0, 0.1) is 24.3 Å². The van der Waals surface area contributed by atoms with Gasteiger partial charge in [0.1, 0.15) is 5.75 Å². The highest BCUT2D eigenvalue weighted by Gasteiger charge is 2.12. The van der Waals surface area contributed by atoms with E-state index in [4.69, 9.17) is 9.15 Å². The van der Waals surface area contributed by atoms with Gasteiger partial charge in [0.25, 0.3) is 11.1 Å². The molecule has 0 fully saturated rings. The Labute approximate surface area is 181 Å². The van der Waals surface area contributed by atoms with E-state index in [2.05, 4.69) is 38.1 Å². The standard InChI is InChI=1S/C20H20IN3O3S/c1-12-4-6-16(7-5-12)26-10-18-23-24-20(27-18)28-11-17(25)22-19-13(2)8-15(21)9-14(19)3/h4-9H,10-11H2,1-3H3,(H,22,25). The molecule has 0 aliphatic rings. The van der Waals surface area contributed by atoms with Crippen molar-refractivity contribution in [2.75, 3.05) is 11.1 Å². The molecule has 8 heteroatoms. The molecule has 6 nitrogen and oxygen atoms in total. The molecule has 1 N–H and O–H groups in total. The number of ether oxygens (including phenoxy) is 1. The molecule has 1 heterocycles. The number of carbonyl (C=O) groups is 1. The van der Waals surface area contributed by atoms with E-state index in [-0.39, 0.29) is 18.3 Å². The van der Waals surface area contributed by atoms with Crippen LogP contribution in [0.5, 0.6) is 5.75 Å². The van der Waals surface area contributed by atoms with E-state index in [1.165, 1.54) is 11.8 Å². The maximum atomic E-state index is 12.3. The second-order valence-electron chi connectivity index (χ2n) is 6.31. The third-order valence-corrected chi connectivity index (χ3v) is 5.36. The molecular formula is C20H20IN3O3S. The molecule has 1 amide bonds. The monoisotopic (exact) mass is 509 g/mol. The number of halogens is 1. The molecule has 0 aliphatic heterocycles. The van der Waals surface area contributed by atoms with Crippen molar-refractivity contribution in [3.63, 3.8) is 0 Å². The van der Waals surface area contributed by atoms with Crippen LogP contribution in [0.15, 0.2) is 46.0 Å². The van der Waals surface area contributed by atoms with Gasteiger partial charge in [0.05, 0.1) is 5.75 Å². The van der Waals surface area contributed by atoms with Crippen molar-refractivity contribution < 1.29 is 13.9 Å². The Bertz CT molecular complexity index is 950. The largest absolute Gasteiger partial charge is 0.484 e. The molecule has 1 aromatic heterocycles. The second-order valence-corrected chi connectivity index (χ2v) is 8.49. The number of thioether (sulfide) groups is 1. The van der Waals surface area contributed by atoms with Crippen LogP contribution in [-0.2, 0) is 11.4 Å². The molecule has 2 aromatic carbocycles. The number of hydrogen-bond donors (Lipinski definition) is 1. The lowest BCUT2D eigenvalue weighted by molar-refractivity contribution is -0.113. The third kappa shape index (κ3) is 5.71. The van der Waals surface area contributed by atoms with Gasteiger partial charge in [-0.05, 0) is 78.8 Å². The Morgan fingerprint density at radius 3 is 2.50 bits per heavy atom. The molecule has 0 saturated carbocycles. The zero-order chi connectivity index (χ0) is 20.1. The minimum absolute atomic E-state index is 0.118. The molecule has 146 valence electrons. The fourth-order valence-corrected chi connectivity index (χ4v) is 4.06. The van der Waals surface area contributed by atoms with Crippen LogP contribution in [0.1, 0.15) is 22.6 Å². The molecule has 3 aromatic rings. The molecular weight excluding hydrogens is 489 g/mol. The lowest BCUT2D eigenvalue weighted by atomic mass is 10.1. The van der Waals surface area contributed by atoms with Crippen molar-refractivity contribution in [2.24, 2.45) is 0 Å². The summed E-state index contributed by atoms with van der Waals surface area (Å²) >= 11 is 3.46. The number of aromatic nitrogens is 2. The minimum Gasteiger partial charge on any atom is -0.484 e. The summed E-state index contributed by atoms with van der Waals surface area (Å²) < 4.78 is 12.3. The maximum Gasteiger partial charge on any atom is 0.277 e. The van der Waals surface area contributed by atoms with E-state index in [1.54, 1.807) is 0 Å². The molecule has 0 spiro atoms. The predicted octanol–water partition coefficient (Wildman–Crippen LogP) is 4.91. The number of nitrogens with zero attached hydrogens (tertiary/aromatic N) is 2. The van der Waals surface area contributed by atoms with Crippen LogP contribution in [0.4, 0.5) is 5.69 Å². The van der Waals surface area contributed by atoms with E-state index in [1.807, 2.05) is 57.2 Å². The summed E-state index contributed by atoms with van der Waals surface area (Å²) in [7, 11) is 0. The van der Waals surface area contributed by atoms with Gasteiger partial charge in [0.2, 0.25) is 5.91 Å². The first-order valence-electron chi connectivity index (χ1n) is 8.62. The summed E-state index contributed by atoms with van der Waals surface area (Å²) in [5.74, 6) is 1.17. The van der Waals surface area contributed by atoms with Crippen molar-refractivity contribution >= 4 is 45.9 Å². The van der Waals surface area contributed by atoms with Gasteiger partial charge in [-0.15, -0.1) is 10.2 Å². The molecule has 0 atom stereocenters. The van der Waals surface area contributed by atoms with Crippen LogP contribution in [-0.4, -0.2) is 21.9 Å². The number of amides is 1. The summed E-state index contributed by atoms with van der Waals surface area (Å²) in [6.45, 7) is 6.17. The first-order chi connectivity index (χ1) is 13.4. The Kier molecular flexibility index (Phi) is 6.95. The molecule has 3 rings (SSSR count). The molecule has 0 bridgehead atoms. The summed E-state index contributed by atoms with van der Waals surface area (Å²) in [5, 5.41) is 11.2. The van der Waals surface area contributed by atoms with Gasteiger partial charge in [-0.1, -0.05) is 29.5 Å². The Balaban J connectivity index is 1.50. The van der Waals surface area contributed by atoms with Crippen LogP contribution in [0.25, 0.3) is 0 Å². The molecule has 0 aliphatic carbocycles. The van der Waals surface area contributed by atoms with E-state index in [0.717, 1.165) is 31.7 Å². The van der Waals surface area contributed by atoms with Gasteiger partial charge in [-0.25, -0.2) is 0 Å². The van der Waals surface area contributed by atoms with Crippen molar-refractivity contribution in [1.29, 1.82) is 0 Å². The highest BCUT2D eigenvalue weighted by atomic mass is 127. The smallest absolute Gasteiger partial charge is 0.277 e. The zero-order valence-electron chi connectivity index (χ0n) is 15.8. The van der Waals surface area contributed by atoms with Crippen LogP contribution < -0.4 is 10.1 Å². The van der Waals surface area contributed by atoms with Crippen LogP contribution >= 0.6 is 34.4 Å². The van der Waals surface area contributed by atoms with Crippen molar-refractivity contribution in [3.05, 3.63) is 62.5 Å². The fraction of sp³-hybridized carbons (Fsp3) is 0.250. The average Bonchev–Trinajstić information content (AvgIpc) is 3.10. The molecule has 0 saturated heterocycles. The normalized spacial score (nSPS) is 10.7. The van der Waals surface area contributed by atoms with Crippen molar-refractivity contribution in [3.8, 4) is 5.75 Å². The summed E-state index contributed by atoms with van der Waals surface area (Å²) in [5.41, 5.74) is 4.09.